The third kappa shape index (κ3) is 4.12. The molecule has 2 atom stereocenters. The van der Waals surface area contributed by atoms with Crippen LogP contribution in [0.3, 0.4) is 0 Å². The fourth-order valence-corrected chi connectivity index (χ4v) is 1.41. The van der Waals surface area contributed by atoms with E-state index in [1.54, 1.807) is 0 Å². The van der Waals surface area contributed by atoms with Crippen LogP contribution >= 0.6 is 0 Å². The summed E-state index contributed by atoms with van der Waals surface area (Å²) in [5.74, 6) is -1.13. The zero-order chi connectivity index (χ0) is 12.8. The van der Waals surface area contributed by atoms with Crippen molar-refractivity contribution in [3.05, 3.63) is 12.2 Å². The zero-order valence-corrected chi connectivity index (χ0v) is 10.0. The van der Waals surface area contributed by atoms with Crippen molar-refractivity contribution in [3.63, 3.8) is 0 Å². The minimum Gasteiger partial charge on any atom is -0.460 e. The van der Waals surface area contributed by atoms with E-state index < -0.39 is 11.9 Å². The van der Waals surface area contributed by atoms with Crippen LogP contribution in [-0.4, -0.2) is 50.6 Å². The molecule has 0 amide bonds. The van der Waals surface area contributed by atoms with Gasteiger partial charge in [-0.3, -0.25) is 0 Å². The average molecular weight is 256 g/mol. The zero-order valence-electron chi connectivity index (χ0n) is 10.0. The molecular weight excluding hydrogens is 240 g/mol. The predicted molar refractivity (Wildman–Crippen MR) is 59.8 cm³/mol. The number of hydrogen-bond donors (Lipinski definition) is 0. The molecule has 2 aliphatic rings. The Hall–Kier alpha value is -1.40. The van der Waals surface area contributed by atoms with E-state index in [0.29, 0.717) is 13.2 Å². The lowest BCUT2D eigenvalue weighted by molar-refractivity contribution is -0.151. The number of carbonyl (C=O) groups is 2. The van der Waals surface area contributed by atoms with Gasteiger partial charge in [-0.05, 0) is 0 Å². The summed E-state index contributed by atoms with van der Waals surface area (Å²) in [6, 6.07) is 0. The second kappa shape index (κ2) is 6.51. The lowest BCUT2D eigenvalue weighted by atomic mass is 10.2. The number of carbonyl (C=O) groups excluding carboxylic acids is 2. The molecule has 0 saturated carbocycles. The van der Waals surface area contributed by atoms with E-state index >= 15 is 0 Å². The fourth-order valence-electron chi connectivity index (χ4n) is 1.41. The maximum absolute atomic E-state index is 11.2. The summed E-state index contributed by atoms with van der Waals surface area (Å²) in [5.41, 5.74) is 0. The van der Waals surface area contributed by atoms with Gasteiger partial charge >= 0.3 is 11.9 Å². The van der Waals surface area contributed by atoms with E-state index in [-0.39, 0.29) is 25.4 Å². The Morgan fingerprint density at radius 3 is 1.61 bits per heavy atom. The van der Waals surface area contributed by atoms with Crippen LogP contribution in [0.4, 0.5) is 0 Å². The van der Waals surface area contributed by atoms with Gasteiger partial charge in [0, 0.05) is 38.2 Å². The molecule has 0 N–H and O–H groups in total. The molecule has 6 nitrogen and oxygen atoms in total. The van der Waals surface area contributed by atoms with Crippen molar-refractivity contribution in [2.45, 2.75) is 25.0 Å². The van der Waals surface area contributed by atoms with Gasteiger partial charge in [0.05, 0.1) is 12.2 Å². The Morgan fingerprint density at radius 1 is 0.944 bits per heavy atom. The molecule has 2 unspecified atom stereocenters. The molecule has 0 aromatic heterocycles. The second-order valence-electron chi connectivity index (χ2n) is 4.16. The van der Waals surface area contributed by atoms with Gasteiger partial charge in [0.25, 0.3) is 0 Å². The highest BCUT2D eigenvalue weighted by Gasteiger charge is 2.20. The normalized spacial score (nSPS) is 26.2. The largest absolute Gasteiger partial charge is 0.460 e. The lowest BCUT2D eigenvalue weighted by Crippen LogP contribution is -2.32. The monoisotopic (exact) mass is 256 g/mol. The summed E-state index contributed by atoms with van der Waals surface area (Å²) in [4.78, 5) is 22.4. The van der Waals surface area contributed by atoms with E-state index in [2.05, 4.69) is 0 Å². The van der Waals surface area contributed by atoms with Gasteiger partial charge in [0.2, 0.25) is 0 Å². The molecule has 2 aliphatic heterocycles. The van der Waals surface area contributed by atoms with Gasteiger partial charge in [-0.25, -0.2) is 9.59 Å². The summed E-state index contributed by atoms with van der Waals surface area (Å²) in [7, 11) is 0. The van der Waals surface area contributed by atoms with Crippen molar-refractivity contribution in [2.24, 2.45) is 0 Å². The SMILES string of the molecule is O=C(/C=C\C(=O)OCC1CCO1)OCC1CCO1. The summed E-state index contributed by atoms with van der Waals surface area (Å²) >= 11 is 0. The van der Waals surface area contributed by atoms with Crippen LogP contribution in [0, 0.1) is 0 Å². The van der Waals surface area contributed by atoms with Crippen molar-refractivity contribution in [2.75, 3.05) is 26.4 Å². The highest BCUT2D eigenvalue weighted by molar-refractivity contribution is 5.91. The van der Waals surface area contributed by atoms with Crippen LogP contribution in [0.2, 0.25) is 0 Å². The average Bonchev–Trinajstić information content (AvgIpc) is 2.22. The first-order valence-electron chi connectivity index (χ1n) is 5.99. The van der Waals surface area contributed by atoms with Crippen molar-refractivity contribution in [1.29, 1.82) is 0 Å². The van der Waals surface area contributed by atoms with Crippen molar-refractivity contribution in [1.82, 2.24) is 0 Å². The molecule has 2 saturated heterocycles. The van der Waals surface area contributed by atoms with Gasteiger partial charge < -0.3 is 18.9 Å². The van der Waals surface area contributed by atoms with Crippen LogP contribution in [0.15, 0.2) is 12.2 Å². The smallest absolute Gasteiger partial charge is 0.331 e. The van der Waals surface area contributed by atoms with Gasteiger partial charge in [0.1, 0.15) is 13.2 Å². The first-order chi connectivity index (χ1) is 8.74. The van der Waals surface area contributed by atoms with Crippen LogP contribution in [0.5, 0.6) is 0 Å². The fraction of sp³-hybridized carbons (Fsp3) is 0.667. The van der Waals surface area contributed by atoms with Gasteiger partial charge in [0.15, 0.2) is 0 Å². The van der Waals surface area contributed by atoms with Crippen LogP contribution in [0.25, 0.3) is 0 Å². The molecule has 0 spiro atoms. The minimum atomic E-state index is -0.567. The van der Waals surface area contributed by atoms with Gasteiger partial charge in [-0.15, -0.1) is 0 Å². The Bertz CT molecular complexity index is 297. The van der Waals surface area contributed by atoms with E-state index in [1.165, 1.54) is 0 Å². The minimum absolute atomic E-state index is 0.00469. The number of hydrogen-bond acceptors (Lipinski definition) is 6. The summed E-state index contributed by atoms with van der Waals surface area (Å²) in [6.45, 7) is 1.89. The van der Waals surface area contributed by atoms with Gasteiger partial charge in [-0.1, -0.05) is 0 Å². The predicted octanol–water partition coefficient (Wildman–Crippen LogP) is 0.207. The molecular formula is C12H16O6. The lowest BCUT2D eigenvalue weighted by Gasteiger charge is -2.25. The summed E-state index contributed by atoms with van der Waals surface area (Å²) in [6.07, 6.45) is 3.93. The molecule has 100 valence electrons. The molecule has 6 heteroatoms. The third-order valence-electron chi connectivity index (χ3n) is 2.77. The quantitative estimate of drug-likeness (QED) is 0.499. The summed E-state index contributed by atoms with van der Waals surface area (Å²) in [5, 5.41) is 0. The molecule has 2 heterocycles. The van der Waals surface area contributed by atoms with Crippen molar-refractivity contribution < 1.29 is 28.5 Å². The molecule has 2 fully saturated rings. The van der Waals surface area contributed by atoms with Crippen molar-refractivity contribution >= 4 is 11.9 Å². The highest BCUT2D eigenvalue weighted by Crippen LogP contribution is 2.11. The number of esters is 2. The number of ether oxygens (including phenoxy) is 4. The Kier molecular flexibility index (Phi) is 4.72. The van der Waals surface area contributed by atoms with Gasteiger partial charge in [-0.2, -0.15) is 0 Å². The number of rotatable bonds is 6. The maximum atomic E-state index is 11.2. The molecule has 0 radical (unpaired) electrons. The van der Waals surface area contributed by atoms with Crippen LogP contribution in [0.1, 0.15) is 12.8 Å². The first kappa shape index (κ1) is 13.0. The highest BCUT2D eigenvalue weighted by atomic mass is 16.6. The topological polar surface area (TPSA) is 71.1 Å². The third-order valence-corrected chi connectivity index (χ3v) is 2.77. The van der Waals surface area contributed by atoms with E-state index in [4.69, 9.17) is 18.9 Å². The molecule has 0 aliphatic carbocycles. The second-order valence-corrected chi connectivity index (χ2v) is 4.16. The molecule has 0 aromatic carbocycles. The maximum Gasteiger partial charge on any atom is 0.331 e. The first-order valence-corrected chi connectivity index (χ1v) is 5.99. The van der Waals surface area contributed by atoms with E-state index in [0.717, 1.165) is 25.0 Å². The summed E-state index contributed by atoms with van der Waals surface area (Å²) < 4.78 is 19.9. The Balaban J connectivity index is 1.55. The Morgan fingerprint density at radius 2 is 1.33 bits per heavy atom. The molecule has 2 rings (SSSR count). The Labute approximate surface area is 105 Å². The van der Waals surface area contributed by atoms with Crippen LogP contribution in [-0.2, 0) is 28.5 Å². The van der Waals surface area contributed by atoms with E-state index in [9.17, 15) is 9.59 Å². The standard InChI is InChI=1S/C12H16O6/c13-11(17-7-9-3-5-15-9)1-2-12(14)18-8-10-4-6-16-10/h1-2,9-10H,3-8H2/b2-1-. The molecule has 0 bridgehead atoms. The van der Waals surface area contributed by atoms with E-state index in [1.807, 2.05) is 0 Å². The molecule has 18 heavy (non-hydrogen) atoms. The van der Waals surface area contributed by atoms with Crippen molar-refractivity contribution in [3.8, 4) is 0 Å². The van der Waals surface area contributed by atoms with Crippen LogP contribution < -0.4 is 0 Å². The molecule has 0 aromatic rings.